The molecule has 2 heterocycles. The van der Waals surface area contributed by atoms with E-state index in [-0.39, 0.29) is 24.3 Å². The van der Waals surface area contributed by atoms with Gasteiger partial charge in [-0.3, -0.25) is 14.5 Å². The van der Waals surface area contributed by atoms with Crippen LogP contribution in [0.5, 0.6) is 0 Å². The molecule has 2 rings (SSSR count). The van der Waals surface area contributed by atoms with Crippen LogP contribution in [0, 0.1) is 0 Å². The van der Waals surface area contributed by atoms with E-state index in [9.17, 15) is 9.59 Å². The predicted molar refractivity (Wildman–Crippen MR) is 70.2 cm³/mol. The van der Waals surface area contributed by atoms with Crippen molar-refractivity contribution in [1.29, 1.82) is 0 Å². The first-order valence-corrected chi connectivity index (χ1v) is 7.12. The van der Waals surface area contributed by atoms with Gasteiger partial charge in [0.15, 0.2) is 0 Å². The first kappa shape index (κ1) is 14.4. The minimum Gasteiger partial charge on any atom is -0.379 e. The molecule has 2 amide bonds. The molecule has 1 N–H and O–H groups in total. The van der Waals surface area contributed by atoms with Gasteiger partial charge in [0.1, 0.15) is 6.04 Å². The van der Waals surface area contributed by atoms with Crippen LogP contribution < -0.4 is 5.43 Å². The standard InChI is InChI=1S/C13H23N3O3/c1-3-10(4-2)16-12(17)9-11(13(16)18)14-15-5-7-19-8-6-15/h10-11,14H,3-9H2,1-2H3. The molecule has 1 unspecified atom stereocenters. The van der Waals surface area contributed by atoms with Crippen molar-refractivity contribution in [2.24, 2.45) is 0 Å². The summed E-state index contributed by atoms with van der Waals surface area (Å²) in [5.41, 5.74) is 3.17. The van der Waals surface area contributed by atoms with Gasteiger partial charge < -0.3 is 4.74 Å². The summed E-state index contributed by atoms with van der Waals surface area (Å²) >= 11 is 0. The van der Waals surface area contributed by atoms with Gasteiger partial charge in [0.2, 0.25) is 11.8 Å². The van der Waals surface area contributed by atoms with Gasteiger partial charge in [-0.25, -0.2) is 10.4 Å². The van der Waals surface area contributed by atoms with Crippen molar-refractivity contribution in [3.8, 4) is 0 Å². The van der Waals surface area contributed by atoms with Crippen LogP contribution in [-0.4, -0.2) is 60.1 Å². The molecule has 2 saturated heterocycles. The molecule has 0 saturated carbocycles. The van der Waals surface area contributed by atoms with Crippen LogP contribution in [0.4, 0.5) is 0 Å². The highest BCUT2D eigenvalue weighted by Gasteiger charge is 2.41. The fourth-order valence-corrected chi connectivity index (χ4v) is 2.70. The second kappa shape index (κ2) is 6.45. The number of amides is 2. The molecule has 2 aliphatic heterocycles. The lowest BCUT2D eigenvalue weighted by atomic mass is 10.1. The molecular formula is C13H23N3O3. The molecule has 108 valence electrons. The summed E-state index contributed by atoms with van der Waals surface area (Å²) in [5, 5.41) is 1.98. The van der Waals surface area contributed by atoms with Gasteiger partial charge in [-0.1, -0.05) is 13.8 Å². The Kier molecular flexibility index (Phi) is 4.90. The van der Waals surface area contributed by atoms with Gasteiger partial charge in [-0.2, -0.15) is 0 Å². The van der Waals surface area contributed by atoms with Gasteiger partial charge >= 0.3 is 0 Å². The number of hydrogen-bond acceptors (Lipinski definition) is 5. The molecule has 19 heavy (non-hydrogen) atoms. The third kappa shape index (κ3) is 3.13. The van der Waals surface area contributed by atoms with Crippen molar-refractivity contribution >= 4 is 11.8 Å². The van der Waals surface area contributed by atoms with E-state index < -0.39 is 6.04 Å². The minimum absolute atomic E-state index is 0.0384. The van der Waals surface area contributed by atoms with Crippen molar-refractivity contribution in [3.63, 3.8) is 0 Å². The Morgan fingerprint density at radius 1 is 1.26 bits per heavy atom. The molecular weight excluding hydrogens is 246 g/mol. The maximum atomic E-state index is 12.3. The van der Waals surface area contributed by atoms with E-state index in [1.807, 2.05) is 18.9 Å². The highest BCUT2D eigenvalue weighted by Crippen LogP contribution is 2.20. The molecule has 0 spiro atoms. The molecule has 2 aliphatic rings. The van der Waals surface area contributed by atoms with Crippen LogP contribution in [0.15, 0.2) is 0 Å². The third-order valence-electron chi connectivity index (χ3n) is 3.84. The summed E-state index contributed by atoms with van der Waals surface area (Å²) in [6, 6.07) is -0.359. The van der Waals surface area contributed by atoms with Gasteiger partial charge in [0, 0.05) is 19.1 Å². The van der Waals surface area contributed by atoms with E-state index >= 15 is 0 Å². The summed E-state index contributed by atoms with van der Waals surface area (Å²) in [6.07, 6.45) is 1.91. The summed E-state index contributed by atoms with van der Waals surface area (Å²) in [4.78, 5) is 25.8. The second-order valence-corrected chi connectivity index (χ2v) is 5.06. The molecule has 0 aromatic heterocycles. The lowest BCUT2D eigenvalue weighted by Crippen LogP contribution is -2.53. The third-order valence-corrected chi connectivity index (χ3v) is 3.84. The van der Waals surface area contributed by atoms with Gasteiger partial charge in [-0.15, -0.1) is 0 Å². The van der Waals surface area contributed by atoms with Crippen molar-refractivity contribution < 1.29 is 14.3 Å². The zero-order valence-corrected chi connectivity index (χ0v) is 11.7. The first-order valence-electron chi connectivity index (χ1n) is 7.12. The molecule has 1 atom stereocenters. The number of nitrogens with one attached hydrogen (secondary N) is 1. The Hall–Kier alpha value is -0.980. The zero-order valence-electron chi connectivity index (χ0n) is 11.7. The molecule has 2 fully saturated rings. The highest BCUT2D eigenvalue weighted by molar-refractivity contribution is 6.05. The number of hydrogen-bond donors (Lipinski definition) is 1. The fraction of sp³-hybridized carbons (Fsp3) is 0.846. The Labute approximate surface area is 114 Å². The van der Waals surface area contributed by atoms with E-state index in [2.05, 4.69) is 5.43 Å². The average molecular weight is 269 g/mol. The highest BCUT2D eigenvalue weighted by atomic mass is 16.5. The Morgan fingerprint density at radius 2 is 1.89 bits per heavy atom. The monoisotopic (exact) mass is 269 g/mol. The van der Waals surface area contributed by atoms with Crippen molar-refractivity contribution in [2.75, 3.05) is 26.3 Å². The summed E-state index contributed by atoms with van der Waals surface area (Å²) in [5.74, 6) is -0.130. The molecule has 0 aliphatic carbocycles. The zero-order chi connectivity index (χ0) is 13.8. The Balaban J connectivity index is 1.96. The van der Waals surface area contributed by atoms with Crippen LogP contribution in [0.25, 0.3) is 0 Å². The number of rotatable bonds is 5. The maximum absolute atomic E-state index is 12.3. The van der Waals surface area contributed by atoms with E-state index in [1.54, 1.807) is 0 Å². The second-order valence-electron chi connectivity index (χ2n) is 5.06. The quantitative estimate of drug-likeness (QED) is 0.719. The number of likely N-dealkylation sites (tertiary alicyclic amines) is 1. The number of nitrogens with zero attached hydrogens (tertiary/aromatic N) is 2. The topological polar surface area (TPSA) is 61.9 Å². The van der Waals surface area contributed by atoms with Crippen LogP contribution in [0.1, 0.15) is 33.1 Å². The lowest BCUT2D eigenvalue weighted by Gasteiger charge is -2.30. The van der Waals surface area contributed by atoms with Crippen molar-refractivity contribution in [1.82, 2.24) is 15.3 Å². The minimum atomic E-state index is -0.397. The number of carbonyl (C=O) groups excluding carboxylic acids is 2. The number of hydrazine groups is 1. The van der Waals surface area contributed by atoms with Crippen LogP contribution in [0.3, 0.4) is 0 Å². The molecule has 0 bridgehead atoms. The molecule has 0 aromatic carbocycles. The van der Waals surface area contributed by atoms with Crippen molar-refractivity contribution in [3.05, 3.63) is 0 Å². The predicted octanol–water partition coefficient (Wildman–Crippen LogP) is 0.139. The summed E-state index contributed by atoms with van der Waals surface area (Å²) in [6.45, 7) is 6.86. The maximum Gasteiger partial charge on any atom is 0.248 e. The Bertz CT molecular complexity index is 338. The lowest BCUT2D eigenvalue weighted by molar-refractivity contribution is -0.142. The normalized spacial score (nSPS) is 25.6. The number of carbonyl (C=O) groups is 2. The SMILES string of the molecule is CCC(CC)N1C(=O)CC(NN2CCOCC2)C1=O. The first-order chi connectivity index (χ1) is 9.17. The van der Waals surface area contributed by atoms with Crippen molar-refractivity contribution in [2.45, 2.75) is 45.2 Å². The van der Waals surface area contributed by atoms with Gasteiger partial charge in [0.05, 0.1) is 19.6 Å². The van der Waals surface area contributed by atoms with Gasteiger partial charge in [-0.05, 0) is 12.8 Å². The molecule has 6 heteroatoms. The summed E-state index contributed by atoms with van der Waals surface area (Å²) in [7, 11) is 0. The van der Waals surface area contributed by atoms with Crippen LogP contribution in [-0.2, 0) is 14.3 Å². The number of morpholine rings is 1. The van der Waals surface area contributed by atoms with E-state index in [0.717, 1.165) is 25.9 Å². The van der Waals surface area contributed by atoms with Crippen LogP contribution in [0.2, 0.25) is 0 Å². The average Bonchev–Trinajstić information content (AvgIpc) is 2.69. The van der Waals surface area contributed by atoms with E-state index in [0.29, 0.717) is 13.2 Å². The number of imide groups is 1. The molecule has 0 aromatic rings. The van der Waals surface area contributed by atoms with Gasteiger partial charge in [0.25, 0.3) is 0 Å². The molecule has 6 nitrogen and oxygen atoms in total. The smallest absolute Gasteiger partial charge is 0.248 e. The largest absolute Gasteiger partial charge is 0.379 e. The fourth-order valence-electron chi connectivity index (χ4n) is 2.70. The number of ether oxygens (including phenoxy) is 1. The van der Waals surface area contributed by atoms with Crippen LogP contribution >= 0.6 is 0 Å². The summed E-state index contributed by atoms with van der Waals surface area (Å²) < 4.78 is 5.26. The molecule has 0 radical (unpaired) electrons. The van der Waals surface area contributed by atoms with E-state index in [4.69, 9.17) is 4.74 Å². The Morgan fingerprint density at radius 3 is 2.47 bits per heavy atom. The van der Waals surface area contributed by atoms with E-state index in [1.165, 1.54) is 4.90 Å².